The number of amides is 5. The monoisotopic (exact) mass is 1290 g/mol. The van der Waals surface area contributed by atoms with Crippen molar-refractivity contribution in [1.82, 2.24) is 31.2 Å². The van der Waals surface area contributed by atoms with E-state index in [4.69, 9.17) is 48.7 Å². The number of fused-ring (bicyclic) bond motifs is 1. The van der Waals surface area contributed by atoms with Crippen molar-refractivity contribution in [2.24, 2.45) is 45.7 Å². The summed E-state index contributed by atoms with van der Waals surface area (Å²) in [5, 5.41) is 34.4. The number of unbranched alkanes of at least 4 members (excludes halogenated alkanes) is 1. The second kappa shape index (κ2) is 41.9. The number of alkyl carbamates (subject to hydrolysis) is 1. The smallest absolute Gasteiger partial charge is 0.508 e. The predicted molar refractivity (Wildman–Crippen MR) is 343 cm³/mol. The van der Waals surface area contributed by atoms with E-state index in [0.29, 0.717) is 36.5 Å². The van der Waals surface area contributed by atoms with Gasteiger partial charge in [-0.05, 0) is 146 Å². The van der Waals surface area contributed by atoms with E-state index in [2.05, 4.69) is 48.4 Å². The number of hydrogen-bond donors (Lipinski definition) is 11. The molecule has 0 aliphatic heterocycles. The zero-order valence-electron chi connectivity index (χ0n) is 52.8. The first-order chi connectivity index (χ1) is 43.3. The topological polar surface area (TPSA) is 432 Å². The van der Waals surface area contributed by atoms with Gasteiger partial charge in [-0.3, -0.25) is 53.6 Å². The molecule has 0 fully saturated rings. The summed E-state index contributed by atoms with van der Waals surface area (Å²) in [6.45, 7) is 10.6. The highest BCUT2D eigenvalue weighted by Gasteiger charge is 2.32. The fourth-order valence-electron chi connectivity index (χ4n) is 9.54. The van der Waals surface area contributed by atoms with E-state index in [1.165, 1.54) is 45.1 Å². The maximum absolute atomic E-state index is 14.1. The van der Waals surface area contributed by atoms with Gasteiger partial charge < -0.3 is 73.5 Å². The van der Waals surface area contributed by atoms with Gasteiger partial charge in [0.1, 0.15) is 31.4 Å². The molecule has 0 saturated carbocycles. The highest BCUT2D eigenvalue weighted by atomic mass is 35.5. The highest BCUT2D eigenvalue weighted by molar-refractivity contribution is 6.31. The number of nitrogens with two attached hydrogens (primary N) is 4. The van der Waals surface area contributed by atoms with Crippen molar-refractivity contribution in [3.63, 3.8) is 0 Å². The van der Waals surface area contributed by atoms with Gasteiger partial charge >= 0.3 is 18.2 Å². The molecule has 27 nitrogen and oxygen atoms in total. The number of nitrogens with one attached hydrogen (secondary N) is 5. The van der Waals surface area contributed by atoms with Crippen LogP contribution in [0.2, 0.25) is 5.02 Å². The first-order valence-electron chi connectivity index (χ1n) is 30.7. The van der Waals surface area contributed by atoms with Crippen LogP contribution < -0.4 is 49.5 Å². The van der Waals surface area contributed by atoms with Crippen LogP contribution in [-0.4, -0.2) is 168 Å². The Balaban J connectivity index is 1.54. The summed E-state index contributed by atoms with van der Waals surface area (Å²) >= 11 is 6.14. The average Bonchev–Trinajstić information content (AvgIpc) is 0.996. The fraction of sp³-hybridized carbons (Fsp3) is 0.556. The molecule has 2 aromatic carbocycles. The normalized spacial score (nSPS) is 14.2. The SMILES string of the molecule is CCN(CCCC(C)Nc1ccnc2cc(Cl)ccc12)CCOC(=O)OC/C=C/COC(=O)NC(N)=NCCC[C@H](NC(=O)[C@H](CCCCN)CC(=O)[C@@H](N)CCC(N)=O)C(=O)C[C@@H](C)C(=O)N[C@@H](C)C(=O)C[C@@H](Cc1ccc(O)cc1)C(=O)N[C@H](C)CC(=O)O. The van der Waals surface area contributed by atoms with Gasteiger partial charge in [-0.1, -0.05) is 44.0 Å². The zero-order chi connectivity index (χ0) is 67.4. The number of anilines is 1. The van der Waals surface area contributed by atoms with Crippen LogP contribution in [0.1, 0.15) is 124 Å². The lowest BCUT2D eigenvalue weighted by atomic mass is 9.90. The Morgan fingerprint density at radius 1 is 0.725 bits per heavy atom. The summed E-state index contributed by atoms with van der Waals surface area (Å²) in [5.74, 6) is -8.70. The van der Waals surface area contributed by atoms with Crippen LogP contribution in [0.15, 0.2) is 71.9 Å². The van der Waals surface area contributed by atoms with E-state index in [9.17, 15) is 58.2 Å². The first-order valence-corrected chi connectivity index (χ1v) is 31.1. The quantitative estimate of drug-likeness (QED) is 0.0120. The van der Waals surface area contributed by atoms with Crippen molar-refractivity contribution in [1.29, 1.82) is 0 Å². The molecule has 0 radical (unpaired) electrons. The first kappa shape index (κ1) is 77.0. The van der Waals surface area contributed by atoms with Gasteiger partial charge in [0.2, 0.25) is 23.6 Å². The molecule has 0 spiro atoms. The lowest BCUT2D eigenvalue weighted by molar-refractivity contribution is -0.138. The number of carboxylic acid groups (broad SMARTS) is 1. The van der Waals surface area contributed by atoms with Crippen LogP contribution in [0.5, 0.6) is 5.75 Å². The molecule has 15 N–H and O–H groups in total. The second-order valence-corrected chi connectivity index (χ2v) is 23.0. The number of hydrogen-bond acceptors (Lipinski definition) is 20. The number of carboxylic acids is 1. The van der Waals surface area contributed by atoms with Crippen molar-refractivity contribution in [2.75, 3.05) is 57.9 Å². The number of aliphatic imine (C=N–C) groups is 1. The maximum atomic E-state index is 14.1. The van der Waals surface area contributed by atoms with E-state index in [0.717, 1.165) is 42.5 Å². The largest absolute Gasteiger partial charge is 0.508 e. The number of aliphatic carboxylic acids is 1. The van der Waals surface area contributed by atoms with E-state index in [1.54, 1.807) is 18.3 Å². The van der Waals surface area contributed by atoms with E-state index >= 15 is 0 Å². The number of phenols is 1. The van der Waals surface area contributed by atoms with Gasteiger partial charge in [0.15, 0.2) is 17.5 Å². The molecule has 0 saturated heterocycles. The van der Waals surface area contributed by atoms with Crippen molar-refractivity contribution >= 4 is 93.3 Å². The Bertz CT molecular complexity index is 2930. The number of likely N-dealkylation sites (N-methyl/N-ethyl adjacent to an activating group) is 1. The van der Waals surface area contributed by atoms with Crippen molar-refractivity contribution in [2.45, 2.75) is 155 Å². The number of halogens is 1. The molecule has 5 amide bonds. The third-order valence-electron chi connectivity index (χ3n) is 14.8. The highest BCUT2D eigenvalue weighted by Crippen LogP contribution is 2.26. The van der Waals surface area contributed by atoms with Crippen LogP contribution in [0.25, 0.3) is 10.9 Å². The average molecular weight is 1290 g/mol. The number of ether oxygens (including phenoxy) is 3. The lowest BCUT2D eigenvalue weighted by Crippen LogP contribution is -2.47. The molecule has 0 aliphatic rings. The molecule has 0 bridgehead atoms. The molecule has 1 unspecified atom stereocenters. The molecule has 1 aromatic heterocycles. The molecule has 8 atom stereocenters. The van der Waals surface area contributed by atoms with Crippen LogP contribution in [0.3, 0.4) is 0 Å². The van der Waals surface area contributed by atoms with Gasteiger partial charge in [-0.15, -0.1) is 0 Å². The zero-order valence-corrected chi connectivity index (χ0v) is 53.5. The van der Waals surface area contributed by atoms with E-state index < -0.39 is 108 Å². The third-order valence-corrected chi connectivity index (χ3v) is 15.0. The number of guanidine groups is 1. The summed E-state index contributed by atoms with van der Waals surface area (Å²) in [6, 6.07) is 9.52. The number of phenolic OH excluding ortho intramolecular Hbond substituents is 1. The van der Waals surface area contributed by atoms with Crippen LogP contribution in [0.4, 0.5) is 15.3 Å². The second-order valence-electron chi connectivity index (χ2n) is 22.5. The summed E-state index contributed by atoms with van der Waals surface area (Å²) in [5.41, 5.74) is 25.4. The number of rotatable bonds is 44. The van der Waals surface area contributed by atoms with Crippen LogP contribution in [-0.2, 0) is 59.0 Å². The molecule has 3 aromatic rings. The predicted octanol–water partition coefficient (Wildman–Crippen LogP) is 4.71. The van der Waals surface area contributed by atoms with Gasteiger partial charge in [0.25, 0.3) is 0 Å². The van der Waals surface area contributed by atoms with Gasteiger partial charge in [-0.25, -0.2) is 9.59 Å². The molecule has 1 heterocycles. The Hall–Kier alpha value is -8.27. The number of aromatic hydroxyl groups is 1. The minimum absolute atomic E-state index is 0.0160. The third kappa shape index (κ3) is 31.4. The summed E-state index contributed by atoms with van der Waals surface area (Å²) in [6.07, 6.45) is 4.26. The van der Waals surface area contributed by atoms with E-state index in [1.807, 2.05) is 31.2 Å². The molecule has 3 rings (SSSR count). The minimum atomic E-state index is -1.24. The Kier molecular flexibility index (Phi) is 35.5. The molecule has 28 heteroatoms. The number of benzene rings is 2. The van der Waals surface area contributed by atoms with Crippen LogP contribution in [0, 0.1) is 17.8 Å². The fourth-order valence-corrected chi connectivity index (χ4v) is 9.71. The number of carbonyl (C=O) groups excluding carboxylic acids is 9. The molecular weight excluding hydrogens is 1200 g/mol. The number of nitrogens with zero attached hydrogens (tertiary/aromatic N) is 3. The maximum Gasteiger partial charge on any atom is 0.508 e. The van der Waals surface area contributed by atoms with Crippen molar-refractivity contribution in [3.05, 3.63) is 77.5 Å². The summed E-state index contributed by atoms with van der Waals surface area (Å²) in [4.78, 5) is 140. The number of Topliss-reactive ketones (excluding diaryl/α,β-unsaturated/α-hetero) is 3. The van der Waals surface area contributed by atoms with Gasteiger partial charge in [-0.2, -0.15) is 0 Å². The standard InChI is InChI=1S/C63H93ClN12O15/c1-6-76(28-12-13-40(3)71-50-24-27-69-52-38-46(64)18-21-48(50)52)29-32-91-63(88)90-31-10-9-30-89-62(87)75-61(68)70-26-11-15-51(74-59(85)44(14-7-8-25-65)36-54(79)49(66)22-23-56(67)81)55(80)33-39(2)58(84)73-42(5)53(78)37-45(35-43-16-19-47(77)20-17-43)60(86)72-41(4)34-57(82)83/h9-10,16-21,24,27,38-42,44-45,49,51,77H,6-8,11-15,22-23,25-26,28-37,65-66H2,1-5H3,(H2,67,81)(H,69,71)(H,72,86)(H,73,84)(H,74,85)(H,82,83)(H3,68,70,75,87)/b10-9+/t39-,40?,41-,42+,44-,45-,49+,51+/m1/s1. The Morgan fingerprint density at radius 3 is 2.10 bits per heavy atom. The van der Waals surface area contributed by atoms with Gasteiger partial charge in [0.05, 0.1) is 30.1 Å². The van der Waals surface area contributed by atoms with Crippen molar-refractivity contribution < 1.29 is 72.4 Å². The molecule has 502 valence electrons. The van der Waals surface area contributed by atoms with Crippen LogP contribution >= 0.6 is 11.6 Å². The Labute approximate surface area is 536 Å². The number of primary amides is 1. The lowest BCUT2D eigenvalue weighted by Gasteiger charge is -2.24. The minimum Gasteiger partial charge on any atom is -0.508 e. The molecule has 0 aliphatic carbocycles. The van der Waals surface area contributed by atoms with Crippen molar-refractivity contribution in [3.8, 4) is 5.75 Å². The van der Waals surface area contributed by atoms with E-state index in [-0.39, 0.29) is 102 Å². The Morgan fingerprint density at radius 2 is 1.42 bits per heavy atom. The molecular formula is C63H93ClN12O15. The molecule has 91 heavy (non-hydrogen) atoms. The van der Waals surface area contributed by atoms with Gasteiger partial charge in [0, 0.05) is 90.9 Å². The number of pyridine rings is 1. The number of ketones is 3. The summed E-state index contributed by atoms with van der Waals surface area (Å²) in [7, 11) is 0. The number of carbonyl (C=O) groups is 10. The number of aromatic nitrogens is 1. The summed E-state index contributed by atoms with van der Waals surface area (Å²) < 4.78 is 15.4.